The normalized spacial score (nSPS) is 17.1. The van der Waals surface area contributed by atoms with Gasteiger partial charge >= 0.3 is 0 Å². The van der Waals surface area contributed by atoms with Crippen molar-refractivity contribution >= 4 is 23.6 Å². The Morgan fingerprint density at radius 3 is 1.90 bits per heavy atom. The van der Waals surface area contributed by atoms with E-state index in [0.29, 0.717) is 42.9 Å². The molecule has 0 bridgehead atoms. The minimum Gasteiger partial charge on any atom is -0.337 e. The van der Waals surface area contributed by atoms with Gasteiger partial charge in [0.15, 0.2) is 0 Å². The van der Waals surface area contributed by atoms with Crippen LogP contribution in [0.5, 0.6) is 0 Å². The second kappa shape index (κ2) is 7.98. The number of carbonyl (C=O) groups is 4. The van der Waals surface area contributed by atoms with E-state index in [1.54, 1.807) is 41.0 Å². The van der Waals surface area contributed by atoms with Crippen molar-refractivity contribution in [3.05, 3.63) is 70.3 Å². The Kier molecular flexibility index (Phi) is 5.35. The van der Waals surface area contributed by atoms with Crippen LogP contribution in [-0.4, -0.2) is 70.5 Å². The molecule has 1 atom stereocenters. The maximum Gasteiger partial charge on any atom is 0.262 e. The van der Waals surface area contributed by atoms with Crippen LogP contribution in [-0.2, 0) is 4.79 Å². The highest BCUT2D eigenvalue weighted by atomic mass is 16.2. The molecule has 4 rings (SSSR count). The molecule has 1 unspecified atom stereocenters. The van der Waals surface area contributed by atoms with Crippen LogP contribution < -0.4 is 0 Å². The van der Waals surface area contributed by atoms with E-state index in [4.69, 9.17) is 0 Å². The van der Waals surface area contributed by atoms with Gasteiger partial charge in [0.25, 0.3) is 17.7 Å². The van der Waals surface area contributed by atoms with Crippen LogP contribution in [0.1, 0.15) is 49.1 Å². The fraction of sp³-hybridized carbons (Fsp3) is 0.333. The Balaban J connectivity index is 1.40. The molecule has 2 aliphatic rings. The maximum absolute atomic E-state index is 13.0. The summed E-state index contributed by atoms with van der Waals surface area (Å²) in [6, 6.07) is 11.4. The zero-order valence-electron chi connectivity index (χ0n) is 17.9. The Bertz CT molecular complexity index is 1050. The molecule has 160 valence electrons. The van der Waals surface area contributed by atoms with Crippen molar-refractivity contribution in [1.82, 2.24) is 14.7 Å². The summed E-state index contributed by atoms with van der Waals surface area (Å²) in [6.45, 7) is 7.11. The molecule has 2 heterocycles. The average molecular weight is 419 g/mol. The number of nitrogens with zero attached hydrogens (tertiary/aromatic N) is 3. The van der Waals surface area contributed by atoms with Gasteiger partial charge in [0.2, 0.25) is 5.91 Å². The van der Waals surface area contributed by atoms with Crippen LogP contribution in [0.4, 0.5) is 0 Å². The molecular formula is C24H25N3O4. The molecule has 0 N–H and O–H groups in total. The summed E-state index contributed by atoms with van der Waals surface area (Å²) in [4.78, 5) is 55.6. The van der Waals surface area contributed by atoms with Gasteiger partial charge in [-0.25, -0.2) is 0 Å². The Labute approximate surface area is 181 Å². The molecule has 0 radical (unpaired) electrons. The molecule has 1 fully saturated rings. The van der Waals surface area contributed by atoms with Crippen molar-refractivity contribution in [2.75, 3.05) is 26.2 Å². The van der Waals surface area contributed by atoms with Gasteiger partial charge < -0.3 is 9.80 Å². The predicted molar refractivity (Wildman–Crippen MR) is 115 cm³/mol. The molecule has 1 saturated heterocycles. The van der Waals surface area contributed by atoms with E-state index in [1.165, 1.54) is 0 Å². The standard InChI is InChI=1S/C24H25N3O4/c1-15-8-9-18(14-16(15)2)22(29)26-12-10-25(11-13-26)21(28)17(3)27-23(30)19-6-4-5-7-20(19)24(27)31/h4-9,14,17H,10-13H2,1-3H3. The highest BCUT2D eigenvalue weighted by Gasteiger charge is 2.42. The molecule has 2 aromatic rings. The molecule has 0 aliphatic carbocycles. The van der Waals surface area contributed by atoms with Gasteiger partial charge in [-0.2, -0.15) is 0 Å². The fourth-order valence-corrected chi connectivity index (χ4v) is 4.12. The summed E-state index contributed by atoms with van der Waals surface area (Å²) in [6.07, 6.45) is 0. The SMILES string of the molecule is Cc1ccc(C(=O)N2CCN(C(=O)C(C)N3C(=O)c4ccccc4C3=O)CC2)cc1C. The van der Waals surface area contributed by atoms with Crippen molar-refractivity contribution in [3.8, 4) is 0 Å². The average Bonchev–Trinajstić information content (AvgIpc) is 3.04. The fourth-order valence-electron chi connectivity index (χ4n) is 4.12. The highest BCUT2D eigenvalue weighted by molar-refractivity contribution is 6.22. The van der Waals surface area contributed by atoms with E-state index >= 15 is 0 Å². The summed E-state index contributed by atoms with van der Waals surface area (Å²) >= 11 is 0. The number of fused-ring (bicyclic) bond motifs is 1. The molecule has 31 heavy (non-hydrogen) atoms. The number of benzene rings is 2. The van der Waals surface area contributed by atoms with E-state index in [1.807, 2.05) is 32.0 Å². The number of hydrogen-bond donors (Lipinski definition) is 0. The molecule has 4 amide bonds. The molecule has 0 saturated carbocycles. The van der Waals surface area contributed by atoms with Gasteiger partial charge in [-0.05, 0) is 56.2 Å². The largest absolute Gasteiger partial charge is 0.337 e. The Morgan fingerprint density at radius 2 is 1.35 bits per heavy atom. The minimum atomic E-state index is -0.894. The molecular weight excluding hydrogens is 394 g/mol. The maximum atomic E-state index is 13.0. The summed E-state index contributed by atoms with van der Waals surface area (Å²) < 4.78 is 0. The predicted octanol–water partition coefficient (Wildman–Crippen LogP) is 2.27. The van der Waals surface area contributed by atoms with Crippen LogP contribution in [0.3, 0.4) is 0 Å². The van der Waals surface area contributed by atoms with Gasteiger partial charge in [0.1, 0.15) is 6.04 Å². The third kappa shape index (κ3) is 3.60. The van der Waals surface area contributed by atoms with Crippen LogP contribution in [0.2, 0.25) is 0 Å². The van der Waals surface area contributed by atoms with Crippen LogP contribution >= 0.6 is 0 Å². The van der Waals surface area contributed by atoms with Gasteiger partial charge in [-0.15, -0.1) is 0 Å². The minimum absolute atomic E-state index is 0.0522. The van der Waals surface area contributed by atoms with Crippen molar-refractivity contribution in [3.63, 3.8) is 0 Å². The molecule has 7 nitrogen and oxygen atoms in total. The zero-order valence-corrected chi connectivity index (χ0v) is 17.9. The number of rotatable bonds is 3. The number of piperazine rings is 1. The lowest BCUT2D eigenvalue weighted by atomic mass is 10.1. The molecule has 7 heteroatoms. The molecule has 2 aromatic carbocycles. The van der Waals surface area contributed by atoms with E-state index in [9.17, 15) is 19.2 Å². The lowest BCUT2D eigenvalue weighted by Gasteiger charge is -2.37. The van der Waals surface area contributed by atoms with Crippen LogP contribution in [0, 0.1) is 13.8 Å². The third-order valence-corrected chi connectivity index (χ3v) is 6.20. The van der Waals surface area contributed by atoms with Crippen molar-refractivity contribution < 1.29 is 19.2 Å². The summed E-state index contributed by atoms with van der Waals surface area (Å²) in [5.74, 6) is -1.22. The third-order valence-electron chi connectivity index (χ3n) is 6.20. The van der Waals surface area contributed by atoms with Crippen LogP contribution in [0.15, 0.2) is 42.5 Å². The highest BCUT2D eigenvalue weighted by Crippen LogP contribution is 2.25. The van der Waals surface area contributed by atoms with Crippen molar-refractivity contribution in [2.24, 2.45) is 0 Å². The molecule has 2 aliphatic heterocycles. The lowest BCUT2D eigenvalue weighted by Crippen LogP contribution is -2.56. The van der Waals surface area contributed by atoms with E-state index in [2.05, 4.69) is 0 Å². The molecule has 0 spiro atoms. The zero-order chi connectivity index (χ0) is 22.3. The van der Waals surface area contributed by atoms with E-state index in [0.717, 1.165) is 16.0 Å². The second-order valence-corrected chi connectivity index (χ2v) is 8.12. The number of hydrogen-bond acceptors (Lipinski definition) is 4. The Morgan fingerprint density at radius 1 is 0.806 bits per heavy atom. The number of aryl methyl sites for hydroxylation is 2. The lowest BCUT2D eigenvalue weighted by molar-refractivity contribution is -0.136. The quantitative estimate of drug-likeness (QED) is 0.715. The number of carbonyl (C=O) groups excluding carboxylic acids is 4. The number of amides is 4. The second-order valence-electron chi connectivity index (χ2n) is 8.12. The van der Waals surface area contributed by atoms with Gasteiger partial charge in [0, 0.05) is 31.7 Å². The van der Waals surface area contributed by atoms with E-state index in [-0.39, 0.29) is 11.8 Å². The smallest absolute Gasteiger partial charge is 0.262 e. The first-order chi connectivity index (χ1) is 14.8. The summed E-state index contributed by atoms with van der Waals surface area (Å²) in [5.41, 5.74) is 3.50. The van der Waals surface area contributed by atoms with Gasteiger partial charge in [0.05, 0.1) is 11.1 Å². The first-order valence-electron chi connectivity index (χ1n) is 10.4. The van der Waals surface area contributed by atoms with Crippen LogP contribution in [0.25, 0.3) is 0 Å². The van der Waals surface area contributed by atoms with Crippen molar-refractivity contribution in [1.29, 1.82) is 0 Å². The van der Waals surface area contributed by atoms with Gasteiger partial charge in [-0.3, -0.25) is 24.1 Å². The molecule has 0 aromatic heterocycles. The van der Waals surface area contributed by atoms with E-state index < -0.39 is 17.9 Å². The van der Waals surface area contributed by atoms with Crippen molar-refractivity contribution in [2.45, 2.75) is 26.8 Å². The summed E-state index contributed by atoms with van der Waals surface area (Å²) in [7, 11) is 0. The first-order valence-corrected chi connectivity index (χ1v) is 10.4. The Hall–Kier alpha value is -3.48. The van der Waals surface area contributed by atoms with Gasteiger partial charge in [-0.1, -0.05) is 18.2 Å². The first kappa shape index (κ1) is 20.8. The topological polar surface area (TPSA) is 78.0 Å². The summed E-state index contributed by atoms with van der Waals surface area (Å²) in [5, 5.41) is 0. The monoisotopic (exact) mass is 419 g/mol. The number of imide groups is 1.